The molecular formula is C13H15N3O3S. The van der Waals surface area contributed by atoms with Crippen molar-refractivity contribution < 1.29 is 13.2 Å². The number of ketones is 1. The van der Waals surface area contributed by atoms with E-state index < -0.39 is 10.0 Å². The molecule has 1 heterocycles. The van der Waals surface area contributed by atoms with Crippen LogP contribution in [0, 0.1) is 0 Å². The van der Waals surface area contributed by atoms with Gasteiger partial charge in [-0.2, -0.15) is 0 Å². The molecule has 0 aliphatic heterocycles. The van der Waals surface area contributed by atoms with Crippen LogP contribution in [0.1, 0.15) is 17.3 Å². The van der Waals surface area contributed by atoms with Crippen molar-refractivity contribution in [2.24, 2.45) is 0 Å². The highest BCUT2D eigenvalue weighted by atomic mass is 32.2. The number of sulfonamides is 1. The minimum atomic E-state index is -3.55. The van der Waals surface area contributed by atoms with E-state index in [0.29, 0.717) is 12.1 Å². The fourth-order valence-corrected chi connectivity index (χ4v) is 2.70. The van der Waals surface area contributed by atoms with Crippen molar-refractivity contribution in [3.8, 4) is 0 Å². The standard InChI is InChI=1S/C13H15N3O3S/c1-11(17)12-2-4-13(5-3-12)20(18,19)15-7-9-16-8-6-14-10-16/h2-6,8,10,15H,7,9H2,1H3. The summed E-state index contributed by atoms with van der Waals surface area (Å²) in [5.74, 6) is -0.0954. The molecule has 0 radical (unpaired) electrons. The number of rotatable bonds is 6. The maximum atomic E-state index is 12.0. The molecule has 0 spiro atoms. The summed E-state index contributed by atoms with van der Waals surface area (Å²) in [5, 5.41) is 0. The van der Waals surface area contributed by atoms with Crippen molar-refractivity contribution in [2.45, 2.75) is 18.4 Å². The molecule has 0 bridgehead atoms. The molecule has 20 heavy (non-hydrogen) atoms. The van der Waals surface area contributed by atoms with Crippen molar-refractivity contribution in [3.63, 3.8) is 0 Å². The molecule has 0 aliphatic carbocycles. The van der Waals surface area contributed by atoms with Crippen LogP contribution in [0.25, 0.3) is 0 Å². The molecule has 0 aliphatic rings. The number of benzene rings is 1. The van der Waals surface area contributed by atoms with Gasteiger partial charge in [-0.05, 0) is 19.1 Å². The van der Waals surface area contributed by atoms with E-state index in [4.69, 9.17) is 0 Å². The molecule has 0 unspecified atom stereocenters. The van der Waals surface area contributed by atoms with Crippen LogP contribution in [-0.4, -0.2) is 30.3 Å². The van der Waals surface area contributed by atoms with Crippen LogP contribution in [0.15, 0.2) is 47.9 Å². The number of aromatic nitrogens is 2. The third kappa shape index (κ3) is 3.52. The summed E-state index contributed by atoms with van der Waals surface area (Å²) in [6, 6.07) is 5.87. The highest BCUT2D eigenvalue weighted by Crippen LogP contribution is 2.10. The molecule has 0 amide bonds. The molecule has 1 aromatic carbocycles. The molecule has 0 saturated heterocycles. The van der Waals surface area contributed by atoms with Gasteiger partial charge in [-0.3, -0.25) is 4.79 Å². The van der Waals surface area contributed by atoms with Crippen LogP contribution in [0.3, 0.4) is 0 Å². The van der Waals surface area contributed by atoms with E-state index in [-0.39, 0.29) is 17.2 Å². The Labute approximate surface area is 117 Å². The number of carbonyl (C=O) groups is 1. The fraction of sp³-hybridized carbons (Fsp3) is 0.231. The van der Waals surface area contributed by atoms with Crippen molar-refractivity contribution in [2.75, 3.05) is 6.54 Å². The maximum Gasteiger partial charge on any atom is 0.240 e. The second kappa shape index (κ2) is 5.98. The molecule has 2 aromatic rings. The van der Waals surface area contributed by atoms with Gasteiger partial charge in [0.25, 0.3) is 0 Å². The molecule has 2 rings (SSSR count). The predicted molar refractivity (Wildman–Crippen MR) is 73.9 cm³/mol. The Morgan fingerprint density at radius 2 is 2.00 bits per heavy atom. The Kier molecular flexibility index (Phi) is 4.31. The lowest BCUT2D eigenvalue weighted by Gasteiger charge is -2.07. The van der Waals surface area contributed by atoms with Crippen LogP contribution in [0.2, 0.25) is 0 Å². The molecule has 7 heteroatoms. The Morgan fingerprint density at radius 3 is 2.55 bits per heavy atom. The second-order valence-electron chi connectivity index (χ2n) is 4.28. The molecular weight excluding hydrogens is 278 g/mol. The van der Waals surface area contributed by atoms with Gasteiger partial charge in [-0.1, -0.05) is 12.1 Å². The summed E-state index contributed by atoms with van der Waals surface area (Å²) in [7, 11) is -3.55. The smallest absolute Gasteiger partial charge is 0.240 e. The Hall–Kier alpha value is -1.99. The van der Waals surface area contributed by atoms with E-state index in [1.165, 1.54) is 31.2 Å². The van der Waals surface area contributed by atoms with Crippen LogP contribution in [0.4, 0.5) is 0 Å². The van der Waals surface area contributed by atoms with E-state index in [9.17, 15) is 13.2 Å². The zero-order valence-electron chi connectivity index (χ0n) is 11.0. The highest BCUT2D eigenvalue weighted by molar-refractivity contribution is 7.89. The number of hydrogen-bond acceptors (Lipinski definition) is 4. The summed E-state index contributed by atoms with van der Waals surface area (Å²) in [4.78, 5) is 15.2. The summed E-state index contributed by atoms with van der Waals surface area (Å²) >= 11 is 0. The Bertz CT molecular complexity index is 676. The van der Waals surface area contributed by atoms with E-state index >= 15 is 0 Å². The van der Waals surface area contributed by atoms with Crippen molar-refractivity contribution in [1.29, 1.82) is 0 Å². The summed E-state index contributed by atoms with van der Waals surface area (Å²) < 4.78 is 28.3. The van der Waals surface area contributed by atoms with Gasteiger partial charge in [0.2, 0.25) is 10.0 Å². The number of carbonyl (C=O) groups excluding carboxylic acids is 1. The van der Waals surface area contributed by atoms with E-state index in [1.807, 2.05) is 0 Å². The maximum absolute atomic E-state index is 12.0. The van der Waals surface area contributed by atoms with Gasteiger partial charge < -0.3 is 4.57 Å². The fourth-order valence-electron chi connectivity index (χ4n) is 1.68. The molecule has 106 valence electrons. The van der Waals surface area contributed by atoms with E-state index in [1.54, 1.807) is 23.3 Å². The second-order valence-corrected chi connectivity index (χ2v) is 6.05. The Morgan fingerprint density at radius 1 is 1.30 bits per heavy atom. The topological polar surface area (TPSA) is 81.1 Å². The first-order chi connectivity index (χ1) is 9.49. The van der Waals surface area contributed by atoms with Crippen molar-refractivity contribution in [3.05, 3.63) is 48.5 Å². The van der Waals surface area contributed by atoms with Crippen LogP contribution in [-0.2, 0) is 16.6 Å². The first-order valence-electron chi connectivity index (χ1n) is 6.05. The lowest BCUT2D eigenvalue weighted by molar-refractivity contribution is 0.101. The van der Waals surface area contributed by atoms with Crippen LogP contribution < -0.4 is 4.72 Å². The minimum absolute atomic E-state index is 0.0954. The number of Topliss-reactive ketones (excluding diaryl/α,β-unsaturated/α-hetero) is 1. The molecule has 0 saturated carbocycles. The third-order valence-electron chi connectivity index (χ3n) is 2.79. The summed E-state index contributed by atoms with van der Waals surface area (Å²) in [6.07, 6.45) is 5.01. The largest absolute Gasteiger partial charge is 0.336 e. The quantitative estimate of drug-likeness (QED) is 0.808. The van der Waals surface area contributed by atoms with Gasteiger partial charge >= 0.3 is 0 Å². The lowest BCUT2D eigenvalue weighted by atomic mass is 10.2. The van der Waals surface area contributed by atoms with Gasteiger partial charge in [0.1, 0.15) is 0 Å². The van der Waals surface area contributed by atoms with E-state index in [2.05, 4.69) is 9.71 Å². The van der Waals surface area contributed by atoms with Crippen LogP contribution in [0.5, 0.6) is 0 Å². The number of imidazole rings is 1. The number of hydrogen-bond donors (Lipinski definition) is 1. The SMILES string of the molecule is CC(=O)c1ccc(S(=O)(=O)NCCn2ccnc2)cc1. The van der Waals surface area contributed by atoms with Gasteiger partial charge in [0, 0.05) is 31.0 Å². The molecule has 6 nitrogen and oxygen atoms in total. The first-order valence-corrected chi connectivity index (χ1v) is 7.54. The zero-order valence-corrected chi connectivity index (χ0v) is 11.8. The minimum Gasteiger partial charge on any atom is -0.336 e. The monoisotopic (exact) mass is 293 g/mol. The lowest BCUT2D eigenvalue weighted by Crippen LogP contribution is -2.27. The van der Waals surface area contributed by atoms with Crippen molar-refractivity contribution in [1.82, 2.24) is 14.3 Å². The summed E-state index contributed by atoms with van der Waals surface area (Å²) in [5.41, 5.74) is 0.488. The molecule has 1 N–H and O–H groups in total. The normalized spacial score (nSPS) is 11.4. The first kappa shape index (κ1) is 14.4. The van der Waals surface area contributed by atoms with Gasteiger partial charge in [0.15, 0.2) is 5.78 Å². The molecule has 0 fully saturated rings. The van der Waals surface area contributed by atoms with Gasteiger partial charge in [0.05, 0.1) is 11.2 Å². The molecule has 0 atom stereocenters. The summed E-state index contributed by atoms with van der Waals surface area (Å²) in [6.45, 7) is 2.21. The van der Waals surface area contributed by atoms with Crippen molar-refractivity contribution >= 4 is 15.8 Å². The van der Waals surface area contributed by atoms with Gasteiger partial charge in [-0.15, -0.1) is 0 Å². The van der Waals surface area contributed by atoms with Gasteiger partial charge in [-0.25, -0.2) is 18.1 Å². The highest BCUT2D eigenvalue weighted by Gasteiger charge is 2.13. The molecule has 1 aromatic heterocycles. The average molecular weight is 293 g/mol. The van der Waals surface area contributed by atoms with E-state index in [0.717, 1.165) is 0 Å². The zero-order chi connectivity index (χ0) is 14.6. The predicted octanol–water partition coefficient (Wildman–Crippen LogP) is 1.06. The average Bonchev–Trinajstić information content (AvgIpc) is 2.92. The number of nitrogens with one attached hydrogen (secondary N) is 1. The third-order valence-corrected chi connectivity index (χ3v) is 4.27. The Balaban J connectivity index is 2.00. The number of nitrogens with zero attached hydrogens (tertiary/aromatic N) is 2. The van der Waals surface area contributed by atoms with Crippen LogP contribution >= 0.6 is 0 Å².